The zero-order valence-corrected chi connectivity index (χ0v) is 14.9. The van der Waals surface area contributed by atoms with Gasteiger partial charge in [0, 0.05) is 76.4 Å². The molecule has 6 nitrogen and oxygen atoms in total. The summed E-state index contributed by atoms with van der Waals surface area (Å²) in [6.45, 7) is 0. The third-order valence-electron chi connectivity index (χ3n) is 3.34. The number of ketones is 2. The van der Waals surface area contributed by atoms with Crippen LogP contribution in [0.25, 0.3) is 5.69 Å². The minimum atomic E-state index is -0.187. The molecule has 0 saturated heterocycles. The van der Waals surface area contributed by atoms with Crippen LogP contribution in [0.3, 0.4) is 0 Å². The first-order valence-corrected chi connectivity index (χ1v) is 7.80. The highest BCUT2D eigenvalue weighted by molar-refractivity contribution is 6.04. The van der Waals surface area contributed by atoms with Gasteiger partial charge in [0.05, 0.1) is 0 Å². The van der Waals surface area contributed by atoms with Crippen LogP contribution in [0.5, 0.6) is 0 Å². The Morgan fingerprint density at radius 2 is 1.48 bits per heavy atom. The van der Waals surface area contributed by atoms with Crippen molar-refractivity contribution in [2.75, 3.05) is 28.2 Å². The molecule has 1 heterocycles. The predicted octanol–water partition coefficient (Wildman–Crippen LogP) is 2.39. The summed E-state index contributed by atoms with van der Waals surface area (Å²) in [6, 6.07) is 7.07. The fourth-order valence-electron chi connectivity index (χ4n) is 2.08. The quantitative estimate of drug-likeness (QED) is 0.573. The Morgan fingerprint density at radius 3 is 2.04 bits per heavy atom. The molecule has 0 amide bonds. The fraction of sp³-hybridized carbons (Fsp3) is 0.211. The van der Waals surface area contributed by atoms with Crippen molar-refractivity contribution in [3.8, 4) is 5.69 Å². The largest absolute Gasteiger partial charge is 0.383 e. The molecule has 0 fully saturated rings. The second-order valence-electron chi connectivity index (χ2n) is 5.95. The van der Waals surface area contributed by atoms with Crippen LogP contribution >= 0.6 is 0 Å². The number of imidazole rings is 1. The Kier molecular flexibility index (Phi) is 5.89. The lowest BCUT2D eigenvalue weighted by Gasteiger charge is -2.07. The van der Waals surface area contributed by atoms with Crippen molar-refractivity contribution in [3.63, 3.8) is 0 Å². The van der Waals surface area contributed by atoms with Gasteiger partial charge in [-0.05, 0) is 24.3 Å². The monoisotopic (exact) mass is 338 g/mol. The second-order valence-corrected chi connectivity index (χ2v) is 5.95. The van der Waals surface area contributed by atoms with Gasteiger partial charge in [0.25, 0.3) is 0 Å². The lowest BCUT2D eigenvalue weighted by molar-refractivity contribution is 0.103. The lowest BCUT2D eigenvalue weighted by Crippen LogP contribution is -2.09. The lowest BCUT2D eigenvalue weighted by atomic mass is 10.1. The minimum Gasteiger partial charge on any atom is -0.383 e. The molecule has 25 heavy (non-hydrogen) atoms. The van der Waals surface area contributed by atoms with Crippen LogP contribution in [0.15, 0.2) is 61.2 Å². The van der Waals surface area contributed by atoms with E-state index in [0.717, 1.165) is 5.69 Å². The van der Waals surface area contributed by atoms with E-state index in [-0.39, 0.29) is 11.6 Å². The van der Waals surface area contributed by atoms with Crippen LogP contribution < -0.4 is 0 Å². The molecule has 0 saturated carbocycles. The molecule has 2 aromatic rings. The Hall–Kier alpha value is -3.15. The molecule has 0 aliphatic rings. The van der Waals surface area contributed by atoms with E-state index in [4.69, 9.17) is 0 Å². The summed E-state index contributed by atoms with van der Waals surface area (Å²) >= 11 is 0. The van der Waals surface area contributed by atoms with Crippen molar-refractivity contribution in [2.24, 2.45) is 0 Å². The first-order chi connectivity index (χ1) is 11.9. The van der Waals surface area contributed by atoms with Crippen LogP contribution in [0.1, 0.15) is 21.0 Å². The average molecular weight is 338 g/mol. The van der Waals surface area contributed by atoms with Gasteiger partial charge in [0.15, 0.2) is 11.6 Å². The summed E-state index contributed by atoms with van der Waals surface area (Å²) in [5.41, 5.74) is 1.36. The maximum absolute atomic E-state index is 12.3. The molecule has 130 valence electrons. The number of carbonyl (C=O) groups excluding carboxylic acids is 2. The molecule has 0 radical (unpaired) electrons. The number of hydrogen-bond acceptors (Lipinski definition) is 5. The molecule has 1 aromatic carbocycles. The Balaban J connectivity index is 2.23. The van der Waals surface area contributed by atoms with Crippen molar-refractivity contribution in [2.45, 2.75) is 0 Å². The van der Waals surface area contributed by atoms with Gasteiger partial charge in [-0.15, -0.1) is 0 Å². The number of hydrogen-bond donors (Lipinski definition) is 0. The zero-order chi connectivity index (χ0) is 18.4. The van der Waals surface area contributed by atoms with E-state index in [2.05, 4.69) is 4.98 Å². The summed E-state index contributed by atoms with van der Waals surface area (Å²) in [6.07, 6.45) is 9.69. The highest BCUT2D eigenvalue weighted by atomic mass is 16.1. The third-order valence-corrected chi connectivity index (χ3v) is 3.34. The molecule has 0 atom stereocenters. The van der Waals surface area contributed by atoms with Gasteiger partial charge in [-0.25, -0.2) is 4.98 Å². The molecule has 0 bridgehead atoms. The predicted molar refractivity (Wildman–Crippen MR) is 97.9 cm³/mol. The summed E-state index contributed by atoms with van der Waals surface area (Å²) in [7, 11) is 7.40. The molecule has 0 spiro atoms. The van der Waals surface area contributed by atoms with Crippen LogP contribution in [-0.2, 0) is 0 Å². The Morgan fingerprint density at radius 1 is 0.920 bits per heavy atom. The van der Waals surface area contributed by atoms with E-state index in [1.165, 1.54) is 12.2 Å². The van der Waals surface area contributed by atoms with Crippen LogP contribution in [0, 0.1) is 0 Å². The maximum atomic E-state index is 12.3. The van der Waals surface area contributed by atoms with E-state index in [0.29, 0.717) is 11.4 Å². The maximum Gasteiger partial charge on any atom is 0.223 e. The number of nitrogens with zero attached hydrogens (tertiary/aromatic N) is 4. The van der Waals surface area contributed by atoms with E-state index < -0.39 is 0 Å². The standard InChI is InChI=1S/C19H22N4O2/c1-21(2)12-9-17(24)15-5-7-16(8-6-15)23-14-11-20-19(23)18(25)10-13-22(3)4/h5-14H,1-4H3/b12-9+,13-10+. The smallest absolute Gasteiger partial charge is 0.223 e. The molecule has 0 N–H and O–H groups in total. The number of allylic oxidation sites excluding steroid dienone is 2. The molecule has 6 heteroatoms. The fourth-order valence-corrected chi connectivity index (χ4v) is 2.08. The van der Waals surface area contributed by atoms with Gasteiger partial charge in [-0.3, -0.25) is 14.2 Å². The molecular formula is C19H22N4O2. The van der Waals surface area contributed by atoms with Crippen molar-refractivity contribution in [3.05, 3.63) is 72.6 Å². The van der Waals surface area contributed by atoms with Gasteiger partial charge < -0.3 is 9.80 Å². The molecule has 0 aliphatic carbocycles. The van der Waals surface area contributed by atoms with E-state index in [1.54, 1.807) is 63.4 Å². The van der Waals surface area contributed by atoms with Gasteiger partial charge in [-0.2, -0.15) is 0 Å². The van der Waals surface area contributed by atoms with E-state index in [9.17, 15) is 9.59 Å². The zero-order valence-electron chi connectivity index (χ0n) is 14.9. The van der Waals surface area contributed by atoms with Crippen LogP contribution in [-0.4, -0.2) is 59.1 Å². The minimum absolute atomic E-state index is 0.0731. The summed E-state index contributed by atoms with van der Waals surface area (Å²) in [5, 5.41) is 0. The van der Waals surface area contributed by atoms with Crippen LogP contribution in [0.4, 0.5) is 0 Å². The SMILES string of the molecule is CN(C)/C=C/C(=O)c1ccc(-n2ccnc2C(=O)/C=C/N(C)C)cc1. The molecule has 0 aliphatic heterocycles. The van der Waals surface area contributed by atoms with Crippen molar-refractivity contribution in [1.82, 2.24) is 19.4 Å². The highest BCUT2D eigenvalue weighted by Gasteiger charge is 2.12. The average Bonchev–Trinajstić information content (AvgIpc) is 3.07. The number of aromatic nitrogens is 2. The van der Waals surface area contributed by atoms with Crippen molar-refractivity contribution in [1.29, 1.82) is 0 Å². The second kappa shape index (κ2) is 8.10. The normalized spacial score (nSPS) is 11.2. The topological polar surface area (TPSA) is 58.4 Å². The van der Waals surface area contributed by atoms with Gasteiger partial charge in [-0.1, -0.05) is 0 Å². The summed E-state index contributed by atoms with van der Waals surface area (Å²) in [4.78, 5) is 32.1. The highest BCUT2D eigenvalue weighted by Crippen LogP contribution is 2.14. The van der Waals surface area contributed by atoms with Crippen LogP contribution in [0.2, 0.25) is 0 Å². The third kappa shape index (κ3) is 4.91. The molecule has 0 unspecified atom stereocenters. The van der Waals surface area contributed by atoms with Gasteiger partial charge >= 0.3 is 0 Å². The number of carbonyl (C=O) groups is 2. The first kappa shape index (κ1) is 18.2. The number of benzene rings is 1. The van der Waals surface area contributed by atoms with Crippen molar-refractivity contribution >= 4 is 11.6 Å². The Labute approximate surface area is 147 Å². The van der Waals surface area contributed by atoms with E-state index >= 15 is 0 Å². The van der Waals surface area contributed by atoms with Crippen molar-refractivity contribution < 1.29 is 9.59 Å². The van der Waals surface area contributed by atoms with Gasteiger partial charge in [0.2, 0.25) is 5.78 Å². The molecular weight excluding hydrogens is 316 g/mol. The Bertz CT molecular complexity index is 799. The first-order valence-electron chi connectivity index (χ1n) is 7.80. The number of rotatable bonds is 7. The summed E-state index contributed by atoms with van der Waals surface area (Å²) in [5.74, 6) is 0.0635. The molecule has 1 aromatic heterocycles. The summed E-state index contributed by atoms with van der Waals surface area (Å²) < 4.78 is 1.70. The van der Waals surface area contributed by atoms with Gasteiger partial charge in [0.1, 0.15) is 0 Å². The van der Waals surface area contributed by atoms with E-state index in [1.807, 2.05) is 28.2 Å². The molecule has 2 rings (SSSR count).